The van der Waals surface area contributed by atoms with E-state index in [-0.39, 0.29) is 5.91 Å². The van der Waals surface area contributed by atoms with E-state index in [1.54, 1.807) is 12.4 Å². The number of hydrogen-bond donors (Lipinski definition) is 0. The van der Waals surface area contributed by atoms with Crippen molar-refractivity contribution in [1.82, 2.24) is 19.9 Å². The van der Waals surface area contributed by atoms with Gasteiger partial charge in [0.1, 0.15) is 5.82 Å². The topological polar surface area (TPSA) is 59.0 Å². The number of benzene rings is 1. The molecular formula is C22H24N4O. The van der Waals surface area contributed by atoms with Gasteiger partial charge in [0, 0.05) is 37.1 Å². The minimum atomic E-state index is 0.0485. The van der Waals surface area contributed by atoms with Crippen molar-refractivity contribution in [2.75, 3.05) is 13.1 Å². The smallest absolute Gasteiger partial charge is 0.256 e. The monoisotopic (exact) mass is 360 g/mol. The van der Waals surface area contributed by atoms with E-state index in [1.165, 1.54) is 10.9 Å². The second kappa shape index (κ2) is 7.82. The molecule has 27 heavy (non-hydrogen) atoms. The molecule has 5 heteroatoms. The van der Waals surface area contributed by atoms with Crippen LogP contribution in [0.15, 0.2) is 48.9 Å². The van der Waals surface area contributed by atoms with Gasteiger partial charge in [-0.25, -0.2) is 9.97 Å². The van der Waals surface area contributed by atoms with E-state index < -0.39 is 0 Å². The third kappa shape index (κ3) is 4.13. The first-order valence-electron chi connectivity index (χ1n) is 9.60. The lowest BCUT2D eigenvalue weighted by Crippen LogP contribution is -2.32. The summed E-state index contributed by atoms with van der Waals surface area (Å²) in [7, 11) is 0. The number of carbonyl (C=O) groups is 1. The van der Waals surface area contributed by atoms with Gasteiger partial charge in [-0.15, -0.1) is 0 Å². The van der Waals surface area contributed by atoms with Gasteiger partial charge < -0.3 is 4.90 Å². The fourth-order valence-electron chi connectivity index (χ4n) is 3.84. The van der Waals surface area contributed by atoms with Crippen molar-refractivity contribution in [2.45, 2.75) is 32.6 Å². The molecule has 0 aliphatic carbocycles. The van der Waals surface area contributed by atoms with Gasteiger partial charge in [-0.2, -0.15) is 0 Å². The molecule has 4 rings (SSSR count). The van der Waals surface area contributed by atoms with E-state index in [0.29, 0.717) is 17.3 Å². The lowest BCUT2D eigenvalue weighted by molar-refractivity contribution is 0.0759. The quantitative estimate of drug-likeness (QED) is 0.712. The lowest BCUT2D eigenvalue weighted by Gasteiger charge is -2.20. The number of hydrogen-bond acceptors (Lipinski definition) is 4. The molecule has 1 aliphatic heterocycles. The van der Waals surface area contributed by atoms with E-state index in [1.807, 2.05) is 24.1 Å². The van der Waals surface area contributed by atoms with Crippen molar-refractivity contribution in [3.63, 3.8) is 0 Å². The van der Waals surface area contributed by atoms with Gasteiger partial charge in [-0.05, 0) is 62.3 Å². The maximum atomic E-state index is 12.7. The number of fused-ring (bicyclic) bond motifs is 1. The first kappa shape index (κ1) is 17.6. The zero-order valence-corrected chi connectivity index (χ0v) is 15.6. The lowest BCUT2D eigenvalue weighted by atomic mass is 9.92. The Labute approximate surface area is 159 Å². The predicted octanol–water partition coefficient (Wildman–Crippen LogP) is 3.82. The fourth-order valence-corrected chi connectivity index (χ4v) is 3.84. The SMILES string of the molecule is Cc1ncc(C(=O)N2CCC[C@@H](Cc3ccc4ncccc4c3)CC2)cn1. The van der Waals surface area contributed by atoms with Crippen molar-refractivity contribution in [1.29, 1.82) is 0 Å². The molecule has 1 atom stereocenters. The van der Waals surface area contributed by atoms with Crippen LogP contribution in [0.3, 0.4) is 0 Å². The molecular weight excluding hydrogens is 336 g/mol. The summed E-state index contributed by atoms with van der Waals surface area (Å²) < 4.78 is 0. The summed E-state index contributed by atoms with van der Waals surface area (Å²) in [5.41, 5.74) is 2.98. The molecule has 0 spiro atoms. The van der Waals surface area contributed by atoms with Gasteiger partial charge >= 0.3 is 0 Å². The Balaban J connectivity index is 1.40. The van der Waals surface area contributed by atoms with Crippen LogP contribution in [0.25, 0.3) is 10.9 Å². The van der Waals surface area contributed by atoms with Crippen molar-refractivity contribution >= 4 is 16.8 Å². The van der Waals surface area contributed by atoms with Gasteiger partial charge in [0.05, 0.1) is 11.1 Å². The zero-order chi connectivity index (χ0) is 18.6. The molecule has 2 aromatic heterocycles. The molecule has 0 unspecified atom stereocenters. The van der Waals surface area contributed by atoms with E-state index in [0.717, 1.165) is 44.3 Å². The second-order valence-corrected chi connectivity index (χ2v) is 7.34. The summed E-state index contributed by atoms with van der Waals surface area (Å²) in [6.07, 6.45) is 9.38. The molecule has 1 aromatic carbocycles. The highest BCUT2D eigenvalue weighted by Crippen LogP contribution is 2.24. The largest absolute Gasteiger partial charge is 0.339 e. The third-order valence-electron chi connectivity index (χ3n) is 5.35. The standard InChI is InChI=1S/C22H24N4O/c1-16-24-14-20(15-25-16)22(27)26-10-3-4-17(8-11-26)12-18-6-7-21-19(13-18)5-2-9-23-21/h2,5-7,9,13-15,17H,3-4,8,10-12H2,1H3/t17-/m1/s1. The number of aromatic nitrogens is 3. The Hall–Kier alpha value is -2.82. The molecule has 0 radical (unpaired) electrons. The fraction of sp³-hybridized carbons (Fsp3) is 0.364. The first-order valence-corrected chi connectivity index (χ1v) is 9.60. The van der Waals surface area contributed by atoms with Crippen LogP contribution in [0, 0.1) is 12.8 Å². The molecule has 1 saturated heterocycles. The molecule has 1 amide bonds. The maximum Gasteiger partial charge on any atom is 0.256 e. The summed E-state index contributed by atoms with van der Waals surface area (Å²) >= 11 is 0. The summed E-state index contributed by atoms with van der Waals surface area (Å²) in [6, 6.07) is 10.6. The minimum Gasteiger partial charge on any atom is -0.339 e. The summed E-state index contributed by atoms with van der Waals surface area (Å²) in [5.74, 6) is 1.34. The van der Waals surface area contributed by atoms with Gasteiger partial charge in [0.25, 0.3) is 5.91 Å². The van der Waals surface area contributed by atoms with E-state index >= 15 is 0 Å². The number of carbonyl (C=O) groups excluding carboxylic acids is 1. The highest BCUT2D eigenvalue weighted by molar-refractivity contribution is 5.93. The Morgan fingerprint density at radius 3 is 2.81 bits per heavy atom. The van der Waals surface area contributed by atoms with Crippen molar-refractivity contribution in [3.8, 4) is 0 Å². The highest BCUT2D eigenvalue weighted by Gasteiger charge is 2.22. The summed E-state index contributed by atoms with van der Waals surface area (Å²) in [4.78, 5) is 27.4. The van der Waals surface area contributed by atoms with E-state index in [9.17, 15) is 4.79 Å². The van der Waals surface area contributed by atoms with Crippen LogP contribution < -0.4 is 0 Å². The molecule has 3 aromatic rings. The van der Waals surface area contributed by atoms with Crippen molar-refractivity contribution < 1.29 is 4.79 Å². The average molecular weight is 360 g/mol. The number of aryl methyl sites for hydroxylation is 1. The Kier molecular flexibility index (Phi) is 5.10. The van der Waals surface area contributed by atoms with Crippen LogP contribution in [-0.4, -0.2) is 38.8 Å². The van der Waals surface area contributed by atoms with Gasteiger partial charge in [0.15, 0.2) is 0 Å². The predicted molar refractivity (Wildman–Crippen MR) is 105 cm³/mol. The Bertz CT molecular complexity index is 938. The van der Waals surface area contributed by atoms with Crippen LogP contribution >= 0.6 is 0 Å². The molecule has 3 heterocycles. The second-order valence-electron chi connectivity index (χ2n) is 7.34. The molecule has 1 fully saturated rings. The van der Waals surface area contributed by atoms with Crippen LogP contribution in [0.1, 0.15) is 41.0 Å². The van der Waals surface area contributed by atoms with Gasteiger partial charge in [-0.1, -0.05) is 12.1 Å². The van der Waals surface area contributed by atoms with Crippen LogP contribution in [0.5, 0.6) is 0 Å². The maximum absolute atomic E-state index is 12.7. The van der Waals surface area contributed by atoms with E-state index in [4.69, 9.17) is 0 Å². The number of rotatable bonds is 3. The molecule has 0 saturated carbocycles. The Morgan fingerprint density at radius 1 is 1.11 bits per heavy atom. The Morgan fingerprint density at radius 2 is 1.96 bits per heavy atom. The van der Waals surface area contributed by atoms with E-state index in [2.05, 4.69) is 39.2 Å². The molecule has 5 nitrogen and oxygen atoms in total. The van der Waals surface area contributed by atoms with Crippen LogP contribution in [0.4, 0.5) is 0 Å². The summed E-state index contributed by atoms with van der Waals surface area (Å²) in [5, 5.41) is 1.19. The highest BCUT2D eigenvalue weighted by atomic mass is 16.2. The van der Waals surface area contributed by atoms with Crippen LogP contribution in [0.2, 0.25) is 0 Å². The number of pyridine rings is 1. The molecule has 0 bridgehead atoms. The number of amides is 1. The van der Waals surface area contributed by atoms with Gasteiger partial charge in [-0.3, -0.25) is 9.78 Å². The van der Waals surface area contributed by atoms with Crippen LogP contribution in [-0.2, 0) is 6.42 Å². The average Bonchev–Trinajstić information content (AvgIpc) is 2.93. The first-order chi connectivity index (χ1) is 13.2. The number of nitrogens with zero attached hydrogens (tertiary/aromatic N) is 4. The molecule has 138 valence electrons. The van der Waals surface area contributed by atoms with Crippen molar-refractivity contribution in [3.05, 3.63) is 65.9 Å². The van der Waals surface area contributed by atoms with Gasteiger partial charge in [0.2, 0.25) is 0 Å². The number of likely N-dealkylation sites (tertiary alicyclic amines) is 1. The molecule has 0 N–H and O–H groups in total. The third-order valence-corrected chi connectivity index (χ3v) is 5.35. The summed E-state index contributed by atoms with van der Waals surface area (Å²) in [6.45, 7) is 3.44. The minimum absolute atomic E-state index is 0.0485. The molecule has 1 aliphatic rings. The normalized spacial score (nSPS) is 17.7. The zero-order valence-electron chi connectivity index (χ0n) is 15.6. The van der Waals surface area contributed by atoms with Crippen molar-refractivity contribution in [2.24, 2.45) is 5.92 Å².